The summed E-state index contributed by atoms with van der Waals surface area (Å²) in [7, 11) is 0. The Morgan fingerprint density at radius 2 is 1.21 bits per heavy atom. The lowest BCUT2D eigenvalue weighted by Gasteiger charge is -2.15. The van der Waals surface area contributed by atoms with Gasteiger partial charge in [0.25, 0.3) is 0 Å². The Balaban J connectivity index is 2.36. The van der Waals surface area contributed by atoms with Crippen molar-refractivity contribution in [2.45, 2.75) is 27.1 Å². The summed E-state index contributed by atoms with van der Waals surface area (Å²) < 4.78 is 5.75. The molecular formula is C16H14Cl2O. The Morgan fingerprint density at radius 3 is 1.63 bits per heavy atom. The largest absolute Gasteiger partial charge is 0.372 e. The third-order valence-corrected chi connectivity index (χ3v) is 3.97. The first-order valence-corrected chi connectivity index (χ1v) is 6.98. The molecule has 19 heavy (non-hydrogen) atoms. The molecule has 1 aliphatic rings. The topological polar surface area (TPSA) is 9.23 Å². The molecule has 3 rings (SSSR count). The molecule has 0 aromatic heterocycles. The number of benzene rings is 2. The molecule has 0 atom stereocenters. The maximum Gasteiger partial charge on any atom is 0.0728 e. The second-order valence-corrected chi connectivity index (χ2v) is 5.88. The molecule has 0 saturated heterocycles. The van der Waals surface area contributed by atoms with E-state index in [1.54, 1.807) is 0 Å². The van der Waals surface area contributed by atoms with Gasteiger partial charge in [-0.2, -0.15) is 0 Å². The van der Waals surface area contributed by atoms with Crippen LogP contribution in [0.5, 0.6) is 0 Å². The Morgan fingerprint density at radius 1 is 0.789 bits per heavy atom. The molecule has 1 nitrogen and oxygen atoms in total. The van der Waals surface area contributed by atoms with E-state index in [1.807, 2.05) is 24.3 Å². The fourth-order valence-electron chi connectivity index (χ4n) is 2.84. The van der Waals surface area contributed by atoms with Gasteiger partial charge in [-0.3, -0.25) is 0 Å². The molecule has 2 aromatic rings. The second-order valence-electron chi connectivity index (χ2n) is 5.01. The number of halogens is 2. The van der Waals surface area contributed by atoms with Gasteiger partial charge in [0.15, 0.2) is 0 Å². The highest BCUT2D eigenvalue weighted by molar-refractivity contribution is 6.31. The van der Waals surface area contributed by atoms with Crippen LogP contribution >= 0.6 is 23.2 Å². The van der Waals surface area contributed by atoms with Crippen LogP contribution in [0.15, 0.2) is 24.3 Å². The van der Waals surface area contributed by atoms with Crippen molar-refractivity contribution in [2.24, 2.45) is 0 Å². The monoisotopic (exact) mass is 292 g/mol. The lowest BCUT2D eigenvalue weighted by molar-refractivity contribution is 0.110. The smallest absolute Gasteiger partial charge is 0.0728 e. The lowest BCUT2D eigenvalue weighted by Crippen LogP contribution is -1.95. The van der Waals surface area contributed by atoms with Crippen LogP contribution in [-0.2, 0) is 18.0 Å². The molecule has 0 bridgehead atoms. The Hall–Kier alpha value is -1.02. The van der Waals surface area contributed by atoms with E-state index in [9.17, 15) is 0 Å². The summed E-state index contributed by atoms with van der Waals surface area (Å²) in [5, 5.41) is 1.52. The van der Waals surface area contributed by atoms with Crippen molar-refractivity contribution in [3.63, 3.8) is 0 Å². The van der Waals surface area contributed by atoms with Gasteiger partial charge in [0, 0.05) is 10.0 Å². The van der Waals surface area contributed by atoms with Crippen molar-refractivity contribution in [1.29, 1.82) is 0 Å². The zero-order chi connectivity index (χ0) is 13.6. The molecular weight excluding hydrogens is 279 g/mol. The van der Waals surface area contributed by atoms with Gasteiger partial charge in [-0.15, -0.1) is 0 Å². The van der Waals surface area contributed by atoms with Crippen LogP contribution in [0, 0.1) is 13.8 Å². The molecule has 2 aromatic carbocycles. The minimum atomic E-state index is 0.586. The molecule has 0 spiro atoms. The fourth-order valence-corrected chi connectivity index (χ4v) is 3.43. The Bertz CT molecular complexity index is 605. The van der Waals surface area contributed by atoms with Gasteiger partial charge in [-0.1, -0.05) is 23.2 Å². The number of aryl methyl sites for hydroxylation is 2. The number of hydrogen-bond donors (Lipinski definition) is 0. The van der Waals surface area contributed by atoms with E-state index in [0.717, 1.165) is 21.2 Å². The van der Waals surface area contributed by atoms with Crippen molar-refractivity contribution < 1.29 is 4.74 Å². The van der Waals surface area contributed by atoms with Crippen LogP contribution in [-0.4, -0.2) is 0 Å². The molecule has 0 amide bonds. The van der Waals surface area contributed by atoms with Crippen molar-refractivity contribution in [3.05, 3.63) is 56.6 Å². The SMILES string of the molecule is Cc1cc(Cl)cc2c1-c1c(C)cc(Cl)cc1COC2. The summed E-state index contributed by atoms with van der Waals surface area (Å²) in [6.07, 6.45) is 0. The predicted octanol–water partition coefficient (Wildman–Crippen LogP) is 5.31. The summed E-state index contributed by atoms with van der Waals surface area (Å²) >= 11 is 12.3. The average molecular weight is 293 g/mol. The molecule has 0 saturated carbocycles. The molecule has 0 aliphatic carbocycles. The van der Waals surface area contributed by atoms with E-state index in [-0.39, 0.29) is 0 Å². The Kier molecular flexibility index (Phi) is 3.30. The highest BCUT2D eigenvalue weighted by atomic mass is 35.5. The van der Waals surface area contributed by atoms with Crippen molar-refractivity contribution in [2.75, 3.05) is 0 Å². The van der Waals surface area contributed by atoms with Gasteiger partial charge in [0.1, 0.15) is 0 Å². The van der Waals surface area contributed by atoms with Crippen molar-refractivity contribution in [3.8, 4) is 11.1 Å². The molecule has 0 radical (unpaired) electrons. The van der Waals surface area contributed by atoms with Gasteiger partial charge in [0.05, 0.1) is 13.2 Å². The number of rotatable bonds is 0. The number of fused-ring (bicyclic) bond motifs is 3. The van der Waals surface area contributed by atoms with Crippen LogP contribution in [0.3, 0.4) is 0 Å². The first-order valence-electron chi connectivity index (χ1n) is 6.22. The van der Waals surface area contributed by atoms with E-state index < -0.39 is 0 Å². The van der Waals surface area contributed by atoms with Gasteiger partial charge in [-0.05, 0) is 71.5 Å². The molecule has 0 N–H and O–H groups in total. The van der Waals surface area contributed by atoms with E-state index in [4.69, 9.17) is 27.9 Å². The van der Waals surface area contributed by atoms with E-state index >= 15 is 0 Å². The zero-order valence-electron chi connectivity index (χ0n) is 10.9. The maximum atomic E-state index is 6.15. The average Bonchev–Trinajstić information content (AvgIpc) is 2.47. The van der Waals surface area contributed by atoms with Crippen molar-refractivity contribution in [1.82, 2.24) is 0 Å². The molecule has 1 aliphatic heterocycles. The number of ether oxygens (including phenoxy) is 1. The van der Waals surface area contributed by atoms with Crippen LogP contribution < -0.4 is 0 Å². The minimum absolute atomic E-state index is 0.586. The molecule has 0 unspecified atom stereocenters. The van der Waals surface area contributed by atoms with Gasteiger partial charge in [0.2, 0.25) is 0 Å². The second kappa shape index (κ2) is 4.82. The molecule has 98 valence electrons. The minimum Gasteiger partial charge on any atom is -0.372 e. The summed E-state index contributed by atoms with van der Waals surface area (Å²) in [5.74, 6) is 0. The molecule has 1 heterocycles. The molecule has 3 heteroatoms. The summed E-state index contributed by atoms with van der Waals surface area (Å²) in [6, 6.07) is 7.99. The maximum absolute atomic E-state index is 6.15. The van der Waals surface area contributed by atoms with Crippen LogP contribution in [0.25, 0.3) is 11.1 Å². The van der Waals surface area contributed by atoms with Crippen LogP contribution in [0.1, 0.15) is 22.3 Å². The summed E-state index contributed by atoms with van der Waals surface area (Å²) in [6.45, 7) is 5.35. The van der Waals surface area contributed by atoms with E-state index in [0.29, 0.717) is 13.2 Å². The summed E-state index contributed by atoms with van der Waals surface area (Å²) in [5.41, 5.74) is 7.14. The van der Waals surface area contributed by atoms with Gasteiger partial charge >= 0.3 is 0 Å². The zero-order valence-corrected chi connectivity index (χ0v) is 12.4. The highest BCUT2D eigenvalue weighted by Crippen LogP contribution is 2.39. The first-order chi connectivity index (χ1) is 9.06. The fraction of sp³-hybridized carbons (Fsp3) is 0.250. The van der Waals surface area contributed by atoms with Crippen LogP contribution in [0.2, 0.25) is 10.0 Å². The van der Waals surface area contributed by atoms with Crippen molar-refractivity contribution >= 4 is 23.2 Å². The normalized spacial score (nSPS) is 13.7. The molecule has 0 fully saturated rings. The predicted molar refractivity (Wildman–Crippen MR) is 79.9 cm³/mol. The van der Waals surface area contributed by atoms with Gasteiger partial charge in [-0.25, -0.2) is 0 Å². The standard InChI is InChI=1S/C16H14Cl2O/c1-9-3-13(17)5-11-7-19-8-12-6-14(18)4-10(2)16(12)15(9)11/h3-6H,7-8H2,1-2H3. The number of hydrogen-bond acceptors (Lipinski definition) is 1. The summed E-state index contributed by atoms with van der Waals surface area (Å²) in [4.78, 5) is 0. The lowest BCUT2D eigenvalue weighted by atomic mass is 9.90. The highest BCUT2D eigenvalue weighted by Gasteiger charge is 2.19. The quantitative estimate of drug-likeness (QED) is 0.639. The van der Waals surface area contributed by atoms with E-state index in [1.165, 1.54) is 22.3 Å². The first kappa shape index (κ1) is 13.0. The third-order valence-electron chi connectivity index (χ3n) is 3.53. The third kappa shape index (κ3) is 2.27. The van der Waals surface area contributed by atoms with E-state index in [2.05, 4.69) is 13.8 Å². The Labute approximate surface area is 123 Å². The van der Waals surface area contributed by atoms with Gasteiger partial charge < -0.3 is 4.74 Å². The van der Waals surface area contributed by atoms with Crippen LogP contribution in [0.4, 0.5) is 0 Å².